The monoisotopic (exact) mass is 231 g/mol. The first-order valence-electron chi connectivity index (χ1n) is 5.13. The van der Waals surface area contributed by atoms with E-state index in [0.717, 1.165) is 10.9 Å². The Hall–Kier alpha value is -2.23. The molecule has 0 saturated heterocycles. The molecule has 0 fully saturated rings. The predicted octanol–water partition coefficient (Wildman–Crippen LogP) is 2.53. The molecule has 0 heterocycles. The first-order chi connectivity index (χ1) is 8.27. The molecule has 17 heavy (non-hydrogen) atoms. The first-order valence-corrected chi connectivity index (χ1v) is 5.13. The van der Waals surface area contributed by atoms with Crippen LogP contribution in [0, 0.1) is 0 Å². The molecular weight excluding hydrogens is 218 g/mol. The molecule has 2 aromatic rings. The number of phenolic OH excluding ortho intramolecular Hbond substituents is 1. The fraction of sp³-hybridized carbons (Fsp3) is 0.154. The molecule has 1 N–H and O–H groups in total. The topological polar surface area (TPSA) is 51.0 Å². The molecule has 0 unspecified atom stereocenters. The van der Waals surface area contributed by atoms with Crippen LogP contribution in [0.1, 0.15) is 5.56 Å². The van der Waals surface area contributed by atoms with E-state index in [2.05, 4.69) is 9.99 Å². The number of benzene rings is 2. The van der Waals surface area contributed by atoms with Crippen LogP contribution in [0.15, 0.2) is 35.5 Å². The van der Waals surface area contributed by atoms with Gasteiger partial charge in [0, 0.05) is 16.3 Å². The summed E-state index contributed by atoms with van der Waals surface area (Å²) in [6.45, 7) is 0. The van der Waals surface area contributed by atoms with Crippen molar-refractivity contribution in [1.82, 2.24) is 0 Å². The van der Waals surface area contributed by atoms with Crippen LogP contribution in [-0.2, 0) is 4.84 Å². The second-order valence-electron chi connectivity index (χ2n) is 3.47. The molecular formula is C13H13NO3. The maximum Gasteiger partial charge on any atom is 0.126 e. The molecule has 0 amide bonds. The van der Waals surface area contributed by atoms with Crippen LogP contribution in [0.25, 0.3) is 10.8 Å². The van der Waals surface area contributed by atoms with E-state index in [0.29, 0.717) is 11.1 Å². The highest BCUT2D eigenvalue weighted by Gasteiger charge is 2.08. The number of hydrogen-bond acceptors (Lipinski definition) is 4. The van der Waals surface area contributed by atoms with Crippen molar-refractivity contribution < 1.29 is 14.7 Å². The minimum atomic E-state index is 0.193. The minimum absolute atomic E-state index is 0.193. The van der Waals surface area contributed by atoms with Gasteiger partial charge >= 0.3 is 0 Å². The van der Waals surface area contributed by atoms with Crippen LogP contribution >= 0.6 is 0 Å². The summed E-state index contributed by atoms with van der Waals surface area (Å²) < 4.78 is 5.26. The van der Waals surface area contributed by atoms with Gasteiger partial charge in [-0.2, -0.15) is 0 Å². The number of hydrogen-bond donors (Lipinski definition) is 1. The van der Waals surface area contributed by atoms with E-state index in [1.54, 1.807) is 25.5 Å². The highest BCUT2D eigenvalue weighted by molar-refractivity contribution is 6.05. The van der Waals surface area contributed by atoms with Crippen molar-refractivity contribution in [3.63, 3.8) is 0 Å². The number of methoxy groups -OCH3 is 1. The Morgan fingerprint density at radius 3 is 2.71 bits per heavy atom. The summed E-state index contributed by atoms with van der Waals surface area (Å²) in [5.74, 6) is 0.907. The molecule has 0 aromatic heterocycles. The third-order valence-electron chi connectivity index (χ3n) is 2.53. The molecule has 88 valence electrons. The quantitative estimate of drug-likeness (QED) is 0.652. The van der Waals surface area contributed by atoms with E-state index in [4.69, 9.17) is 4.74 Å². The summed E-state index contributed by atoms with van der Waals surface area (Å²) in [6.07, 6.45) is 1.56. The van der Waals surface area contributed by atoms with Crippen molar-refractivity contribution in [3.8, 4) is 11.5 Å². The Balaban J connectivity index is 2.74. The number of aromatic hydroxyl groups is 1. The zero-order valence-electron chi connectivity index (χ0n) is 9.68. The van der Waals surface area contributed by atoms with E-state index in [-0.39, 0.29) is 5.75 Å². The van der Waals surface area contributed by atoms with E-state index >= 15 is 0 Å². The maximum atomic E-state index is 9.91. The molecule has 0 bridgehead atoms. The molecule has 0 radical (unpaired) electrons. The Labute approximate surface area is 99.1 Å². The van der Waals surface area contributed by atoms with Crippen molar-refractivity contribution in [1.29, 1.82) is 0 Å². The molecule has 0 atom stereocenters. The molecule has 4 heteroatoms. The lowest BCUT2D eigenvalue weighted by Crippen LogP contribution is -1.90. The SMILES string of the molecule is CO/N=C/c1ccc(OC)c2cccc(O)c12. The smallest absolute Gasteiger partial charge is 0.126 e. The van der Waals surface area contributed by atoms with Gasteiger partial charge in [0.1, 0.15) is 18.6 Å². The van der Waals surface area contributed by atoms with Gasteiger partial charge in [-0.25, -0.2) is 0 Å². The number of rotatable bonds is 3. The maximum absolute atomic E-state index is 9.91. The van der Waals surface area contributed by atoms with Crippen LogP contribution < -0.4 is 4.74 Å². The van der Waals surface area contributed by atoms with Crippen LogP contribution in [0.3, 0.4) is 0 Å². The average molecular weight is 231 g/mol. The summed E-state index contributed by atoms with van der Waals surface area (Å²) in [5, 5.41) is 15.2. The number of ether oxygens (including phenoxy) is 1. The molecule has 0 saturated carbocycles. The van der Waals surface area contributed by atoms with Crippen LogP contribution in [0.4, 0.5) is 0 Å². The van der Waals surface area contributed by atoms with Crippen molar-refractivity contribution in [2.45, 2.75) is 0 Å². The fourth-order valence-corrected chi connectivity index (χ4v) is 1.78. The lowest BCUT2D eigenvalue weighted by Gasteiger charge is -2.09. The summed E-state index contributed by atoms with van der Waals surface area (Å²) in [7, 11) is 3.07. The van der Waals surface area contributed by atoms with Gasteiger partial charge in [0.05, 0.1) is 13.3 Å². The zero-order chi connectivity index (χ0) is 12.3. The summed E-state index contributed by atoms with van der Waals surface area (Å²) in [6, 6.07) is 8.95. The summed E-state index contributed by atoms with van der Waals surface area (Å²) >= 11 is 0. The highest BCUT2D eigenvalue weighted by atomic mass is 16.6. The van der Waals surface area contributed by atoms with Crippen LogP contribution in [-0.4, -0.2) is 25.5 Å². The lowest BCUT2D eigenvalue weighted by molar-refractivity contribution is 0.215. The van der Waals surface area contributed by atoms with Crippen LogP contribution in [0.2, 0.25) is 0 Å². The molecule has 0 spiro atoms. The summed E-state index contributed by atoms with van der Waals surface area (Å²) in [5.41, 5.74) is 0.778. The Morgan fingerprint density at radius 1 is 1.18 bits per heavy atom. The van der Waals surface area contributed by atoms with E-state index in [1.165, 1.54) is 7.11 Å². The van der Waals surface area contributed by atoms with Gasteiger partial charge in [-0.3, -0.25) is 0 Å². The van der Waals surface area contributed by atoms with E-state index in [1.807, 2.05) is 18.2 Å². The standard InChI is InChI=1S/C13H13NO3/c1-16-12-7-6-9(8-14-17-2)13-10(12)4-3-5-11(13)15/h3-8,15H,1-2H3/b14-8+. The Bertz CT molecular complexity index is 564. The Kier molecular flexibility index (Phi) is 3.14. The molecule has 0 aliphatic rings. The van der Waals surface area contributed by atoms with E-state index < -0.39 is 0 Å². The van der Waals surface area contributed by atoms with Gasteiger partial charge in [-0.15, -0.1) is 0 Å². The third kappa shape index (κ3) is 2.01. The minimum Gasteiger partial charge on any atom is -0.507 e. The molecule has 2 rings (SSSR count). The Morgan fingerprint density at radius 2 is 2.00 bits per heavy atom. The van der Waals surface area contributed by atoms with Crippen LogP contribution in [0.5, 0.6) is 11.5 Å². The van der Waals surface area contributed by atoms with Gasteiger partial charge in [0.25, 0.3) is 0 Å². The van der Waals surface area contributed by atoms with Crippen molar-refractivity contribution in [2.75, 3.05) is 14.2 Å². The number of fused-ring (bicyclic) bond motifs is 1. The van der Waals surface area contributed by atoms with E-state index in [9.17, 15) is 5.11 Å². The number of nitrogens with zero attached hydrogens (tertiary/aromatic N) is 1. The molecule has 2 aromatic carbocycles. The average Bonchev–Trinajstić information content (AvgIpc) is 2.36. The van der Waals surface area contributed by atoms with Gasteiger partial charge in [0.15, 0.2) is 0 Å². The molecule has 0 aliphatic carbocycles. The second kappa shape index (κ2) is 4.74. The third-order valence-corrected chi connectivity index (χ3v) is 2.53. The van der Waals surface area contributed by atoms with Gasteiger partial charge in [0.2, 0.25) is 0 Å². The van der Waals surface area contributed by atoms with Crippen molar-refractivity contribution in [2.24, 2.45) is 5.16 Å². The lowest BCUT2D eigenvalue weighted by atomic mass is 10.0. The van der Waals surface area contributed by atoms with Crippen molar-refractivity contribution >= 4 is 17.0 Å². The van der Waals surface area contributed by atoms with Gasteiger partial charge in [-0.05, 0) is 18.2 Å². The molecule has 0 aliphatic heterocycles. The fourth-order valence-electron chi connectivity index (χ4n) is 1.78. The zero-order valence-corrected chi connectivity index (χ0v) is 9.68. The van der Waals surface area contributed by atoms with Gasteiger partial charge in [-0.1, -0.05) is 17.3 Å². The largest absolute Gasteiger partial charge is 0.507 e. The van der Waals surface area contributed by atoms with Gasteiger partial charge < -0.3 is 14.7 Å². The van der Waals surface area contributed by atoms with Crippen molar-refractivity contribution in [3.05, 3.63) is 35.9 Å². The number of phenols is 1. The first kappa shape index (κ1) is 11.3. The highest BCUT2D eigenvalue weighted by Crippen LogP contribution is 2.33. The summed E-state index contributed by atoms with van der Waals surface area (Å²) in [4.78, 5) is 4.65. The molecule has 4 nitrogen and oxygen atoms in total. The predicted molar refractivity (Wildman–Crippen MR) is 66.8 cm³/mol. The number of oxime groups is 1. The normalized spacial score (nSPS) is 10.9. The second-order valence-corrected chi connectivity index (χ2v) is 3.47.